The van der Waals surface area contributed by atoms with Gasteiger partial charge in [0.15, 0.2) is 0 Å². The highest BCUT2D eigenvalue weighted by atomic mass is 16.5. The topological polar surface area (TPSA) is 21.3 Å². The summed E-state index contributed by atoms with van der Waals surface area (Å²) in [6.07, 6.45) is 4.40. The predicted octanol–water partition coefficient (Wildman–Crippen LogP) is 2.99. The van der Waals surface area contributed by atoms with E-state index in [0.29, 0.717) is 23.5 Å². The van der Waals surface area contributed by atoms with Gasteiger partial charge in [0.25, 0.3) is 0 Å². The summed E-state index contributed by atoms with van der Waals surface area (Å²) in [4.78, 5) is 0. The van der Waals surface area contributed by atoms with Gasteiger partial charge in [-0.2, -0.15) is 0 Å². The summed E-state index contributed by atoms with van der Waals surface area (Å²) in [5, 5.41) is 3.12. The van der Waals surface area contributed by atoms with Crippen molar-refractivity contribution in [2.24, 2.45) is 16.7 Å². The van der Waals surface area contributed by atoms with Crippen LogP contribution in [0.15, 0.2) is 12.2 Å². The molecule has 2 rings (SSSR count). The first-order valence-electron chi connectivity index (χ1n) is 6.84. The summed E-state index contributed by atoms with van der Waals surface area (Å²) in [5.41, 5.74) is 1.97. The van der Waals surface area contributed by atoms with Crippen LogP contribution in [0.2, 0.25) is 0 Å². The normalized spacial score (nSPS) is 38.6. The SMILES string of the molecule is C=C(CNC)COC1CC2CCC1(C)C2(C)C. The molecule has 1 N–H and O–H groups in total. The smallest absolute Gasteiger partial charge is 0.0690 e. The Balaban J connectivity index is 1.94. The Morgan fingerprint density at radius 2 is 2.12 bits per heavy atom. The van der Waals surface area contributed by atoms with Gasteiger partial charge in [0.1, 0.15) is 0 Å². The Hall–Kier alpha value is -0.340. The Bertz CT molecular complexity index is 310. The molecule has 0 spiro atoms. The minimum atomic E-state index is 0.373. The highest BCUT2D eigenvalue weighted by Gasteiger charge is 2.61. The summed E-state index contributed by atoms with van der Waals surface area (Å²) < 4.78 is 6.15. The van der Waals surface area contributed by atoms with Crippen molar-refractivity contribution in [2.75, 3.05) is 20.2 Å². The third kappa shape index (κ3) is 1.96. The van der Waals surface area contributed by atoms with Crippen LogP contribution >= 0.6 is 0 Å². The molecule has 98 valence electrons. The van der Waals surface area contributed by atoms with Crippen LogP contribution in [-0.4, -0.2) is 26.3 Å². The second-order valence-corrected chi connectivity index (χ2v) is 6.69. The van der Waals surface area contributed by atoms with Gasteiger partial charge in [-0.05, 0) is 48.6 Å². The standard InChI is InChI=1S/C15H27NO/c1-11(9-16-5)10-17-13-8-12-6-7-15(13,4)14(12,2)3/h12-13,16H,1,6-10H2,2-5H3. The van der Waals surface area contributed by atoms with E-state index in [1.54, 1.807) is 0 Å². The van der Waals surface area contributed by atoms with Crippen LogP contribution in [0.1, 0.15) is 40.0 Å². The molecule has 0 radical (unpaired) electrons. The highest BCUT2D eigenvalue weighted by molar-refractivity contribution is 5.11. The molecule has 2 fully saturated rings. The second kappa shape index (κ2) is 4.40. The van der Waals surface area contributed by atoms with Crippen molar-refractivity contribution < 1.29 is 4.74 Å². The van der Waals surface area contributed by atoms with Crippen LogP contribution in [-0.2, 0) is 4.74 Å². The molecule has 0 aromatic heterocycles. The van der Waals surface area contributed by atoms with Gasteiger partial charge >= 0.3 is 0 Å². The third-order valence-electron chi connectivity index (χ3n) is 5.63. The van der Waals surface area contributed by atoms with Gasteiger partial charge in [-0.25, -0.2) is 0 Å². The Labute approximate surface area is 106 Å². The van der Waals surface area contributed by atoms with Crippen LogP contribution < -0.4 is 5.32 Å². The molecule has 2 saturated carbocycles. The maximum Gasteiger partial charge on any atom is 0.0690 e. The number of ether oxygens (including phenoxy) is 1. The number of fused-ring (bicyclic) bond motifs is 2. The van der Waals surface area contributed by atoms with Crippen LogP contribution in [0.25, 0.3) is 0 Å². The van der Waals surface area contributed by atoms with Crippen LogP contribution in [0.4, 0.5) is 0 Å². The largest absolute Gasteiger partial charge is 0.373 e. The van der Waals surface area contributed by atoms with Gasteiger partial charge in [0.2, 0.25) is 0 Å². The van der Waals surface area contributed by atoms with Gasteiger partial charge in [0, 0.05) is 6.54 Å². The zero-order valence-electron chi connectivity index (χ0n) is 11.8. The van der Waals surface area contributed by atoms with Crippen molar-refractivity contribution >= 4 is 0 Å². The molecule has 0 aromatic carbocycles. The Morgan fingerprint density at radius 1 is 1.41 bits per heavy atom. The lowest BCUT2D eigenvalue weighted by atomic mass is 9.70. The number of likely N-dealkylation sites (N-methyl/N-ethyl adjacent to an activating group) is 1. The molecule has 2 bridgehead atoms. The molecule has 2 aliphatic rings. The maximum absolute atomic E-state index is 6.15. The summed E-state index contributed by atoms with van der Waals surface area (Å²) in [5.74, 6) is 0.857. The van der Waals surface area contributed by atoms with Gasteiger partial charge in [-0.1, -0.05) is 27.4 Å². The molecule has 0 amide bonds. The molecule has 2 heteroatoms. The molecular weight excluding hydrogens is 210 g/mol. The lowest BCUT2D eigenvalue weighted by molar-refractivity contribution is -0.0378. The first kappa shape index (κ1) is 13.1. The highest BCUT2D eigenvalue weighted by Crippen LogP contribution is 2.66. The second-order valence-electron chi connectivity index (χ2n) is 6.69. The molecule has 0 saturated heterocycles. The Morgan fingerprint density at radius 3 is 2.59 bits per heavy atom. The van der Waals surface area contributed by atoms with E-state index in [9.17, 15) is 0 Å². The first-order valence-corrected chi connectivity index (χ1v) is 6.84. The molecule has 17 heavy (non-hydrogen) atoms. The molecule has 2 aliphatic carbocycles. The number of hydrogen-bond donors (Lipinski definition) is 1. The average molecular weight is 237 g/mol. The molecule has 3 unspecified atom stereocenters. The number of hydrogen-bond acceptors (Lipinski definition) is 2. The van der Waals surface area contributed by atoms with Gasteiger partial charge in [-0.15, -0.1) is 0 Å². The zero-order chi connectivity index (χ0) is 12.7. The fourth-order valence-electron chi connectivity index (χ4n) is 3.90. The first-order chi connectivity index (χ1) is 7.91. The van der Waals surface area contributed by atoms with E-state index in [-0.39, 0.29) is 0 Å². The van der Waals surface area contributed by atoms with Crippen molar-refractivity contribution in [3.05, 3.63) is 12.2 Å². The van der Waals surface area contributed by atoms with Gasteiger partial charge < -0.3 is 10.1 Å². The van der Waals surface area contributed by atoms with E-state index < -0.39 is 0 Å². The van der Waals surface area contributed by atoms with Crippen molar-refractivity contribution in [1.29, 1.82) is 0 Å². The fourth-order valence-corrected chi connectivity index (χ4v) is 3.90. The van der Waals surface area contributed by atoms with E-state index in [2.05, 4.69) is 32.7 Å². The average Bonchev–Trinajstić information content (AvgIpc) is 2.59. The lowest BCUT2D eigenvalue weighted by Gasteiger charge is -2.39. The van der Waals surface area contributed by atoms with E-state index in [0.717, 1.165) is 18.0 Å². The lowest BCUT2D eigenvalue weighted by Crippen LogP contribution is -2.37. The molecular formula is C15H27NO. The molecule has 0 heterocycles. The number of rotatable bonds is 5. The summed E-state index contributed by atoms with van der Waals surface area (Å²) in [7, 11) is 1.95. The van der Waals surface area contributed by atoms with E-state index in [4.69, 9.17) is 4.74 Å². The monoisotopic (exact) mass is 237 g/mol. The summed E-state index contributed by atoms with van der Waals surface area (Å²) in [6, 6.07) is 0. The van der Waals surface area contributed by atoms with Crippen molar-refractivity contribution in [3.8, 4) is 0 Å². The van der Waals surface area contributed by atoms with E-state index >= 15 is 0 Å². The minimum absolute atomic E-state index is 0.373. The van der Waals surface area contributed by atoms with Crippen LogP contribution in [0.3, 0.4) is 0 Å². The maximum atomic E-state index is 6.15. The van der Waals surface area contributed by atoms with Gasteiger partial charge in [0.05, 0.1) is 12.7 Å². The predicted molar refractivity (Wildman–Crippen MR) is 72.0 cm³/mol. The Kier molecular flexibility index (Phi) is 3.39. The van der Waals surface area contributed by atoms with E-state index in [1.165, 1.54) is 19.3 Å². The third-order valence-corrected chi connectivity index (χ3v) is 5.63. The van der Waals surface area contributed by atoms with E-state index in [1.807, 2.05) is 7.05 Å². The van der Waals surface area contributed by atoms with Gasteiger partial charge in [-0.3, -0.25) is 0 Å². The number of nitrogens with one attached hydrogen (secondary N) is 1. The molecule has 3 atom stereocenters. The molecule has 0 aromatic rings. The molecule has 0 aliphatic heterocycles. The van der Waals surface area contributed by atoms with Crippen molar-refractivity contribution in [3.63, 3.8) is 0 Å². The molecule has 2 nitrogen and oxygen atoms in total. The zero-order valence-corrected chi connectivity index (χ0v) is 11.8. The van der Waals surface area contributed by atoms with Crippen LogP contribution in [0, 0.1) is 16.7 Å². The quantitative estimate of drug-likeness (QED) is 0.742. The summed E-state index contributed by atoms with van der Waals surface area (Å²) >= 11 is 0. The minimum Gasteiger partial charge on any atom is -0.373 e. The van der Waals surface area contributed by atoms with Crippen molar-refractivity contribution in [1.82, 2.24) is 5.32 Å². The fraction of sp³-hybridized carbons (Fsp3) is 0.867. The summed E-state index contributed by atoms with van der Waals surface area (Å²) in [6.45, 7) is 12.9. The van der Waals surface area contributed by atoms with Crippen LogP contribution in [0.5, 0.6) is 0 Å². The van der Waals surface area contributed by atoms with Crippen molar-refractivity contribution in [2.45, 2.75) is 46.1 Å².